The van der Waals surface area contributed by atoms with E-state index in [1.807, 2.05) is 43.6 Å². The van der Waals surface area contributed by atoms with Crippen LogP contribution in [0, 0.1) is 6.92 Å². The molecule has 0 unspecified atom stereocenters. The highest BCUT2D eigenvalue weighted by Crippen LogP contribution is 2.32. The third-order valence-electron chi connectivity index (χ3n) is 3.75. The Hall–Kier alpha value is -2.40. The lowest BCUT2D eigenvalue weighted by atomic mass is 10.2. The maximum absolute atomic E-state index is 6.19. The van der Waals surface area contributed by atoms with Crippen molar-refractivity contribution >= 4 is 31.3 Å². The predicted molar refractivity (Wildman–Crippen MR) is 103 cm³/mol. The molecule has 3 rings (SSSR count). The van der Waals surface area contributed by atoms with Crippen LogP contribution < -0.4 is 4.43 Å². The van der Waals surface area contributed by atoms with E-state index >= 15 is 0 Å². The molecule has 0 atom stereocenters. The Kier molecular flexibility index (Phi) is 4.28. The van der Waals surface area contributed by atoms with E-state index in [0.717, 1.165) is 33.9 Å². The Balaban J connectivity index is 2.01. The highest BCUT2D eigenvalue weighted by atomic mass is 28.4. The lowest BCUT2D eigenvalue weighted by Crippen LogP contribution is -2.29. The fraction of sp³-hybridized carbons (Fsp3) is 0.263. The molecule has 2 aromatic carbocycles. The molecule has 1 aromatic heterocycles. The maximum Gasteiger partial charge on any atom is 0.242 e. The second-order valence-corrected chi connectivity index (χ2v) is 11.3. The van der Waals surface area contributed by atoms with Crippen LogP contribution in [0.1, 0.15) is 11.4 Å². The summed E-state index contributed by atoms with van der Waals surface area (Å²) >= 11 is 0. The molecule has 124 valence electrons. The van der Waals surface area contributed by atoms with Crippen molar-refractivity contribution in [3.8, 4) is 5.75 Å². The van der Waals surface area contributed by atoms with Crippen LogP contribution in [0.4, 0.5) is 5.69 Å². The lowest BCUT2D eigenvalue weighted by molar-refractivity contribution is 0.558. The standard InChI is InChI=1S/C19H23N3OSi/c1-14-9-8-12-17(23-24(3,4)5)19(14)20-13-18-21-15-10-6-7-11-16(15)22(18)2/h6-13H,1-5H3/b20-13+. The Morgan fingerprint density at radius 3 is 2.54 bits per heavy atom. The molecule has 0 N–H and O–H groups in total. The number of fused-ring (bicyclic) bond motifs is 1. The molecule has 0 spiro atoms. The van der Waals surface area contributed by atoms with Gasteiger partial charge in [-0.15, -0.1) is 0 Å². The summed E-state index contributed by atoms with van der Waals surface area (Å²) in [6, 6.07) is 14.2. The molecule has 0 bridgehead atoms. The van der Waals surface area contributed by atoms with Crippen molar-refractivity contribution in [3.63, 3.8) is 0 Å². The number of aromatic nitrogens is 2. The van der Waals surface area contributed by atoms with E-state index in [4.69, 9.17) is 9.42 Å². The number of rotatable bonds is 4. The van der Waals surface area contributed by atoms with E-state index in [2.05, 4.69) is 48.2 Å². The highest BCUT2D eigenvalue weighted by molar-refractivity contribution is 6.70. The summed E-state index contributed by atoms with van der Waals surface area (Å²) in [5.41, 5.74) is 4.06. The molecule has 0 radical (unpaired) electrons. The van der Waals surface area contributed by atoms with Crippen LogP contribution in [0.15, 0.2) is 47.5 Å². The van der Waals surface area contributed by atoms with Gasteiger partial charge in [-0.05, 0) is 50.3 Å². The van der Waals surface area contributed by atoms with Crippen molar-refractivity contribution in [1.29, 1.82) is 0 Å². The first-order chi connectivity index (χ1) is 11.3. The molecule has 0 fully saturated rings. The minimum absolute atomic E-state index is 0.832. The topological polar surface area (TPSA) is 39.4 Å². The third-order valence-corrected chi connectivity index (χ3v) is 4.58. The van der Waals surface area contributed by atoms with Crippen LogP contribution >= 0.6 is 0 Å². The van der Waals surface area contributed by atoms with Gasteiger partial charge in [0.05, 0.1) is 17.2 Å². The van der Waals surface area contributed by atoms with E-state index in [1.54, 1.807) is 0 Å². The first kappa shape index (κ1) is 16.5. The largest absolute Gasteiger partial charge is 0.543 e. The van der Waals surface area contributed by atoms with Crippen LogP contribution in [0.25, 0.3) is 11.0 Å². The van der Waals surface area contributed by atoms with Gasteiger partial charge in [0.1, 0.15) is 11.4 Å². The summed E-state index contributed by atoms with van der Waals surface area (Å²) in [4.78, 5) is 9.35. The molecule has 0 saturated carbocycles. The maximum atomic E-state index is 6.19. The van der Waals surface area contributed by atoms with Gasteiger partial charge in [0.15, 0.2) is 5.82 Å². The van der Waals surface area contributed by atoms with Crippen molar-refractivity contribution in [2.75, 3.05) is 0 Å². The van der Waals surface area contributed by atoms with Crippen molar-refractivity contribution in [2.24, 2.45) is 12.0 Å². The average Bonchev–Trinajstić information content (AvgIpc) is 2.82. The molecule has 4 nitrogen and oxygen atoms in total. The molecule has 0 saturated heterocycles. The SMILES string of the molecule is Cc1cccc(O[Si](C)(C)C)c1/N=C/c1nc2ccccc2n1C. The smallest absolute Gasteiger partial charge is 0.242 e. The number of aliphatic imine (C=N–C) groups is 1. The summed E-state index contributed by atoms with van der Waals surface area (Å²) in [6.07, 6.45) is 1.82. The number of benzene rings is 2. The van der Waals surface area contributed by atoms with Gasteiger partial charge in [-0.3, -0.25) is 0 Å². The van der Waals surface area contributed by atoms with Crippen LogP contribution in [-0.2, 0) is 7.05 Å². The second-order valence-electron chi connectivity index (χ2n) is 6.91. The van der Waals surface area contributed by atoms with E-state index < -0.39 is 8.32 Å². The number of nitrogens with zero attached hydrogens (tertiary/aromatic N) is 3. The minimum atomic E-state index is -1.69. The fourth-order valence-corrected chi connectivity index (χ4v) is 3.44. The van der Waals surface area contributed by atoms with E-state index in [-0.39, 0.29) is 0 Å². The average molecular weight is 337 g/mol. The Bertz CT molecular complexity index is 907. The van der Waals surface area contributed by atoms with Gasteiger partial charge < -0.3 is 8.99 Å². The molecule has 1 heterocycles. The molecule has 3 aromatic rings. The zero-order chi connectivity index (χ0) is 17.3. The first-order valence-corrected chi connectivity index (χ1v) is 11.5. The molecule has 24 heavy (non-hydrogen) atoms. The lowest BCUT2D eigenvalue weighted by Gasteiger charge is -2.21. The number of hydrogen-bond acceptors (Lipinski definition) is 3. The molecular weight excluding hydrogens is 314 g/mol. The first-order valence-electron chi connectivity index (χ1n) is 8.09. The molecule has 0 amide bonds. The Morgan fingerprint density at radius 1 is 1.08 bits per heavy atom. The van der Waals surface area contributed by atoms with Gasteiger partial charge in [-0.2, -0.15) is 0 Å². The normalized spacial score (nSPS) is 12.2. The minimum Gasteiger partial charge on any atom is -0.543 e. The summed E-state index contributed by atoms with van der Waals surface area (Å²) in [5, 5.41) is 0. The number of aryl methyl sites for hydroxylation is 2. The highest BCUT2D eigenvalue weighted by Gasteiger charge is 2.18. The Labute approximate surface area is 144 Å². The fourth-order valence-electron chi connectivity index (χ4n) is 2.61. The van der Waals surface area contributed by atoms with Gasteiger partial charge in [0.2, 0.25) is 8.32 Å². The zero-order valence-corrected chi connectivity index (χ0v) is 15.9. The Morgan fingerprint density at radius 2 is 1.83 bits per heavy atom. The van der Waals surface area contributed by atoms with Crippen molar-refractivity contribution in [2.45, 2.75) is 26.6 Å². The monoisotopic (exact) mass is 337 g/mol. The van der Waals surface area contributed by atoms with Gasteiger partial charge in [0, 0.05) is 7.05 Å². The third kappa shape index (κ3) is 3.41. The molecule has 5 heteroatoms. The van der Waals surface area contributed by atoms with Crippen LogP contribution in [0.3, 0.4) is 0 Å². The number of imidazole rings is 1. The van der Waals surface area contributed by atoms with E-state index in [9.17, 15) is 0 Å². The van der Waals surface area contributed by atoms with Crippen LogP contribution in [-0.4, -0.2) is 24.1 Å². The quantitative estimate of drug-likeness (QED) is 0.504. The predicted octanol–water partition coefficient (Wildman–Crippen LogP) is 4.85. The van der Waals surface area contributed by atoms with Gasteiger partial charge >= 0.3 is 0 Å². The summed E-state index contributed by atoms with van der Waals surface area (Å²) < 4.78 is 8.24. The van der Waals surface area contributed by atoms with Gasteiger partial charge in [0.25, 0.3) is 0 Å². The molecule has 0 aliphatic heterocycles. The van der Waals surface area contributed by atoms with Crippen molar-refractivity contribution in [1.82, 2.24) is 9.55 Å². The summed E-state index contributed by atoms with van der Waals surface area (Å²) in [6.45, 7) is 8.58. The van der Waals surface area contributed by atoms with Crippen molar-refractivity contribution < 1.29 is 4.43 Å². The van der Waals surface area contributed by atoms with Gasteiger partial charge in [-0.1, -0.05) is 24.3 Å². The van der Waals surface area contributed by atoms with E-state index in [0.29, 0.717) is 0 Å². The van der Waals surface area contributed by atoms with Crippen molar-refractivity contribution in [3.05, 3.63) is 53.9 Å². The zero-order valence-electron chi connectivity index (χ0n) is 14.9. The summed E-state index contributed by atoms with van der Waals surface area (Å²) in [5.74, 6) is 1.68. The number of para-hydroxylation sites is 3. The van der Waals surface area contributed by atoms with E-state index in [1.165, 1.54) is 0 Å². The van der Waals surface area contributed by atoms with Crippen LogP contribution in [0.2, 0.25) is 19.6 Å². The summed E-state index contributed by atoms with van der Waals surface area (Å²) in [7, 11) is 0.315. The molecule has 0 aliphatic rings. The molecular formula is C19H23N3OSi. The molecule has 0 aliphatic carbocycles. The van der Waals surface area contributed by atoms with Crippen LogP contribution in [0.5, 0.6) is 5.75 Å². The second kappa shape index (κ2) is 6.24. The number of hydrogen-bond donors (Lipinski definition) is 0. The van der Waals surface area contributed by atoms with Gasteiger partial charge in [-0.25, -0.2) is 9.98 Å².